The number of nitrogens with one attached hydrogen (secondary N) is 2. The number of thiazole rings is 1. The second kappa shape index (κ2) is 5.84. The smallest absolute Gasteiger partial charge is 0.323 e. The fourth-order valence-corrected chi connectivity index (χ4v) is 4.91. The van der Waals surface area contributed by atoms with Gasteiger partial charge in [0.1, 0.15) is 12.1 Å². The third kappa shape index (κ3) is 2.58. The molecular weight excluding hydrogens is 328 g/mol. The van der Waals surface area contributed by atoms with E-state index in [1.165, 1.54) is 16.2 Å². The van der Waals surface area contributed by atoms with Crippen molar-refractivity contribution >= 4 is 34.3 Å². The number of aromatic nitrogens is 1. The van der Waals surface area contributed by atoms with E-state index in [2.05, 4.69) is 15.6 Å². The Bertz CT molecular complexity index is 685. The van der Waals surface area contributed by atoms with Gasteiger partial charge in [-0.05, 0) is 38.5 Å². The van der Waals surface area contributed by atoms with Crippen molar-refractivity contribution in [1.29, 1.82) is 0 Å². The van der Waals surface area contributed by atoms with E-state index in [1.807, 2.05) is 0 Å². The molecule has 1 aliphatic heterocycles. The van der Waals surface area contributed by atoms with Gasteiger partial charge in [0, 0.05) is 4.88 Å². The molecule has 1 saturated carbocycles. The predicted octanol–water partition coefficient (Wildman–Crippen LogP) is 1.82. The van der Waals surface area contributed by atoms with E-state index in [0.29, 0.717) is 18.0 Å². The SMILES string of the molecule is O=C(CN1C(=O)NC2(CCCC2)C1=O)Nc1nc2c(s1)CCCC2. The van der Waals surface area contributed by atoms with Crippen LogP contribution in [0.4, 0.5) is 9.93 Å². The van der Waals surface area contributed by atoms with E-state index in [4.69, 9.17) is 0 Å². The summed E-state index contributed by atoms with van der Waals surface area (Å²) in [5.74, 6) is -0.641. The average Bonchev–Trinajstić information content (AvgIpc) is 3.23. The van der Waals surface area contributed by atoms with Crippen LogP contribution >= 0.6 is 11.3 Å². The topological polar surface area (TPSA) is 91.4 Å². The number of aryl methyl sites for hydroxylation is 2. The summed E-state index contributed by atoms with van der Waals surface area (Å²) in [5, 5.41) is 6.09. The normalized spacial score (nSPS) is 21.9. The first-order valence-corrected chi connectivity index (χ1v) is 9.32. The Morgan fingerprint density at radius 1 is 1.21 bits per heavy atom. The Morgan fingerprint density at radius 2 is 1.96 bits per heavy atom. The second-order valence-electron chi connectivity index (χ2n) is 6.75. The van der Waals surface area contributed by atoms with Crippen LogP contribution in [0.1, 0.15) is 49.1 Å². The van der Waals surface area contributed by atoms with Gasteiger partial charge in [0.2, 0.25) is 5.91 Å². The molecule has 7 nitrogen and oxygen atoms in total. The first-order chi connectivity index (χ1) is 11.6. The Hall–Kier alpha value is -1.96. The lowest BCUT2D eigenvalue weighted by Crippen LogP contribution is -2.44. The molecule has 1 aromatic heterocycles. The molecule has 1 spiro atoms. The molecule has 0 radical (unpaired) electrons. The molecule has 4 amide bonds. The first kappa shape index (κ1) is 15.6. The third-order valence-corrected chi connectivity index (χ3v) is 6.17. The number of imide groups is 1. The fraction of sp³-hybridized carbons (Fsp3) is 0.625. The highest BCUT2D eigenvalue weighted by Crippen LogP contribution is 2.35. The number of fused-ring (bicyclic) bond motifs is 1. The van der Waals surface area contributed by atoms with Crippen molar-refractivity contribution in [1.82, 2.24) is 15.2 Å². The lowest BCUT2D eigenvalue weighted by Gasteiger charge is -2.19. The van der Waals surface area contributed by atoms with Crippen molar-refractivity contribution in [3.63, 3.8) is 0 Å². The van der Waals surface area contributed by atoms with Gasteiger partial charge < -0.3 is 10.6 Å². The summed E-state index contributed by atoms with van der Waals surface area (Å²) in [6.07, 6.45) is 7.44. The predicted molar refractivity (Wildman–Crippen MR) is 88.8 cm³/mol. The standard InChI is InChI=1S/C16H20N4O3S/c21-12(18-14-17-10-5-1-2-6-11(10)24-14)9-20-13(22)16(19-15(20)23)7-3-4-8-16/h1-9H2,(H,19,23)(H,17,18,21). The number of urea groups is 1. The highest BCUT2D eigenvalue weighted by atomic mass is 32.1. The molecule has 0 atom stereocenters. The Labute approximate surface area is 143 Å². The zero-order chi connectivity index (χ0) is 16.7. The van der Waals surface area contributed by atoms with Crippen LogP contribution < -0.4 is 10.6 Å². The monoisotopic (exact) mass is 348 g/mol. The van der Waals surface area contributed by atoms with Gasteiger partial charge in [-0.1, -0.05) is 12.8 Å². The van der Waals surface area contributed by atoms with E-state index >= 15 is 0 Å². The molecule has 0 unspecified atom stereocenters. The van der Waals surface area contributed by atoms with Crippen LogP contribution in [0.25, 0.3) is 0 Å². The molecule has 2 aliphatic carbocycles. The number of carbonyl (C=O) groups excluding carboxylic acids is 3. The molecule has 0 bridgehead atoms. The molecule has 2 fully saturated rings. The molecule has 2 N–H and O–H groups in total. The maximum atomic E-state index is 12.5. The van der Waals surface area contributed by atoms with Crippen molar-refractivity contribution in [3.8, 4) is 0 Å². The molecule has 128 valence electrons. The third-order valence-electron chi connectivity index (χ3n) is 5.10. The Morgan fingerprint density at radius 3 is 2.71 bits per heavy atom. The number of rotatable bonds is 3. The van der Waals surface area contributed by atoms with Gasteiger partial charge in [0.05, 0.1) is 5.69 Å². The second-order valence-corrected chi connectivity index (χ2v) is 7.84. The molecule has 1 aromatic rings. The highest BCUT2D eigenvalue weighted by molar-refractivity contribution is 7.15. The van der Waals surface area contributed by atoms with Crippen molar-refractivity contribution in [2.24, 2.45) is 0 Å². The summed E-state index contributed by atoms with van der Waals surface area (Å²) in [6, 6.07) is -0.463. The van der Waals surface area contributed by atoms with Gasteiger partial charge in [-0.15, -0.1) is 11.3 Å². The van der Waals surface area contributed by atoms with E-state index < -0.39 is 11.6 Å². The fourth-order valence-electron chi connectivity index (χ4n) is 3.85. The molecule has 24 heavy (non-hydrogen) atoms. The van der Waals surface area contributed by atoms with Crippen molar-refractivity contribution in [2.75, 3.05) is 11.9 Å². The zero-order valence-electron chi connectivity index (χ0n) is 13.4. The molecule has 3 aliphatic rings. The summed E-state index contributed by atoms with van der Waals surface area (Å²) in [4.78, 5) is 43.6. The average molecular weight is 348 g/mol. The van der Waals surface area contributed by atoms with E-state index in [9.17, 15) is 14.4 Å². The summed E-state index contributed by atoms with van der Waals surface area (Å²) in [7, 11) is 0. The number of hydrogen-bond donors (Lipinski definition) is 2. The number of nitrogens with zero attached hydrogens (tertiary/aromatic N) is 2. The maximum Gasteiger partial charge on any atom is 0.325 e. The van der Waals surface area contributed by atoms with Crippen LogP contribution in [0.2, 0.25) is 0 Å². The van der Waals surface area contributed by atoms with E-state index in [-0.39, 0.29) is 18.4 Å². The molecule has 4 rings (SSSR count). The van der Waals surface area contributed by atoms with Crippen LogP contribution in [0, 0.1) is 0 Å². The van der Waals surface area contributed by atoms with Crippen molar-refractivity contribution in [3.05, 3.63) is 10.6 Å². The Balaban J connectivity index is 1.41. The van der Waals surface area contributed by atoms with Gasteiger partial charge in [0.25, 0.3) is 5.91 Å². The molecule has 1 saturated heterocycles. The number of amides is 4. The zero-order valence-corrected chi connectivity index (χ0v) is 14.2. The van der Waals surface area contributed by atoms with Crippen LogP contribution in [0.5, 0.6) is 0 Å². The minimum absolute atomic E-state index is 0.253. The van der Waals surface area contributed by atoms with Crippen molar-refractivity contribution < 1.29 is 14.4 Å². The summed E-state index contributed by atoms with van der Waals surface area (Å²) >= 11 is 1.49. The quantitative estimate of drug-likeness (QED) is 0.815. The highest BCUT2D eigenvalue weighted by Gasteiger charge is 2.52. The lowest BCUT2D eigenvalue weighted by atomic mass is 9.98. The van der Waals surface area contributed by atoms with Gasteiger partial charge in [-0.25, -0.2) is 9.78 Å². The minimum atomic E-state index is -0.766. The number of hydrogen-bond acceptors (Lipinski definition) is 5. The van der Waals surface area contributed by atoms with Gasteiger partial charge in [-0.3, -0.25) is 14.5 Å². The van der Waals surface area contributed by atoms with Crippen LogP contribution in [-0.4, -0.2) is 39.8 Å². The van der Waals surface area contributed by atoms with Crippen LogP contribution in [-0.2, 0) is 22.4 Å². The first-order valence-electron chi connectivity index (χ1n) is 8.50. The summed E-state index contributed by atoms with van der Waals surface area (Å²) in [5.41, 5.74) is 0.305. The molecule has 0 aromatic carbocycles. The van der Waals surface area contributed by atoms with E-state index in [1.54, 1.807) is 0 Å². The van der Waals surface area contributed by atoms with Crippen LogP contribution in [0.15, 0.2) is 0 Å². The summed E-state index contributed by atoms with van der Waals surface area (Å²) in [6.45, 7) is -0.253. The number of carbonyl (C=O) groups is 3. The van der Waals surface area contributed by atoms with Crippen LogP contribution in [0.3, 0.4) is 0 Å². The number of anilines is 1. The largest absolute Gasteiger partial charge is 0.325 e. The molecular formula is C16H20N4O3S. The minimum Gasteiger partial charge on any atom is -0.323 e. The Kier molecular flexibility index (Phi) is 3.79. The maximum absolute atomic E-state index is 12.5. The lowest BCUT2D eigenvalue weighted by molar-refractivity contribution is -0.133. The van der Waals surface area contributed by atoms with Gasteiger partial charge in [-0.2, -0.15) is 0 Å². The summed E-state index contributed by atoms with van der Waals surface area (Å²) < 4.78 is 0. The molecule has 8 heteroatoms. The van der Waals surface area contributed by atoms with Crippen molar-refractivity contribution in [2.45, 2.75) is 56.9 Å². The molecule has 2 heterocycles. The van der Waals surface area contributed by atoms with Gasteiger partial charge in [0.15, 0.2) is 5.13 Å². The van der Waals surface area contributed by atoms with Gasteiger partial charge >= 0.3 is 6.03 Å². The van der Waals surface area contributed by atoms with E-state index in [0.717, 1.165) is 49.1 Å².